The molecule has 0 radical (unpaired) electrons. The molecule has 13 heavy (non-hydrogen) atoms. The zero-order valence-corrected chi connectivity index (χ0v) is 8.62. The van der Waals surface area contributed by atoms with Crippen LogP contribution in [0.15, 0.2) is 11.8 Å². The molecule has 0 aromatic rings. The second-order valence-corrected chi connectivity index (χ2v) is 4.34. The fourth-order valence-electron chi connectivity index (χ4n) is 2.78. The quantitative estimate of drug-likeness (QED) is 0.620. The minimum absolute atomic E-state index is 0.00815. The molecule has 0 amide bonds. The largest absolute Gasteiger partial charge is 0.472 e. The summed E-state index contributed by atoms with van der Waals surface area (Å²) in [5.41, 5.74) is 1.39. The van der Waals surface area contributed by atoms with E-state index in [1.807, 2.05) is 6.26 Å². The van der Waals surface area contributed by atoms with Gasteiger partial charge in [-0.3, -0.25) is 0 Å². The smallest absolute Gasteiger partial charge is 0.202 e. The summed E-state index contributed by atoms with van der Waals surface area (Å²) in [6, 6.07) is 0. The zero-order chi connectivity index (χ0) is 9.42. The van der Waals surface area contributed by atoms with Crippen molar-refractivity contribution >= 4 is 0 Å². The topological polar surface area (TPSA) is 18.5 Å². The third kappa shape index (κ3) is 1.37. The van der Waals surface area contributed by atoms with E-state index in [0.717, 1.165) is 5.92 Å². The Bertz CT molecular complexity index is 222. The van der Waals surface area contributed by atoms with Crippen LogP contribution < -0.4 is 0 Å². The average molecular weight is 182 g/mol. The van der Waals surface area contributed by atoms with Gasteiger partial charge in [0.05, 0.1) is 6.26 Å². The summed E-state index contributed by atoms with van der Waals surface area (Å²) in [7, 11) is 1.74. The van der Waals surface area contributed by atoms with Gasteiger partial charge in [0, 0.05) is 13.0 Å². The molecule has 0 spiro atoms. The first kappa shape index (κ1) is 9.07. The summed E-state index contributed by atoms with van der Waals surface area (Å²) in [4.78, 5) is 0. The van der Waals surface area contributed by atoms with Gasteiger partial charge in [-0.1, -0.05) is 6.92 Å². The highest BCUT2D eigenvalue weighted by Crippen LogP contribution is 2.46. The van der Waals surface area contributed by atoms with Gasteiger partial charge in [-0.25, -0.2) is 0 Å². The Balaban J connectivity index is 2.21. The van der Waals surface area contributed by atoms with Crippen molar-refractivity contribution in [3.63, 3.8) is 0 Å². The summed E-state index contributed by atoms with van der Waals surface area (Å²) in [5, 5.41) is 0. The summed E-state index contributed by atoms with van der Waals surface area (Å²) in [5.74, 6) is 2.02. The van der Waals surface area contributed by atoms with Crippen LogP contribution in [0.3, 0.4) is 0 Å². The van der Waals surface area contributed by atoms with E-state index in [9.17, 15) is 0 Å². The van der Waals surface area contributed by atoms with E-state index in [0.29, 0.717) is 11.8 Å². The summed E-state index contributed by atoms with van der Waals surface area (Å²) < 4.78 is 10.9. The first-order valence-corrected chi connectivity index (χ1v) is 5.09. The Morgan fingerprint density at radius 3 is 2.92 bits per heavy atom. The molecule has 1 aliphatic carbocycles. The predicted octanol–water partition coefficient (Wildman–Crippen LogP) is 2.56. The molecule has 2 heteroatoms. The second kappa shape index (κ2) is 3.33. The molecule has 1 fully saturated rings. The van der Waals surface area contributed by atoms with Crippen LogP contribution in [-0.4, -0.2) is 13.4 Å². The van der Waals surface area contributed by atoms with Crippen molar-refractivity contribution in [3.8, 4) is 0 Å². The van der Waals surface area contributed by atoms with E-state index < -0.39 is 0 Å². The van der Waals surface area contributed by atoms with Crippen LogP contribution in [0.5, 0.6) is 0 Å². The van der Waals surface area contributed by atoms with Crippen LogP contribution in [0.1, 0.15) is 26.7 Å². The van der Waals surface area contributed by atoms with Crippen molar-refractivity contribution in [3.05, 3.63) is 11.8 Å². The van der Waals surface area contributed by atoms with Gasteiger partial charge in [-0.05, 0) is 37.2 Å². The Morgan fingerprint density at radius 2 is 2.23 bits per heavy atom. The van der Waals surface area contributed by atoms with E-state index in [2.05, 4.69) is 13.8 Å². The highest BCUT2D eigenvalue weighted by Gasteiger charge is 2.42. The number of hydrogen-bond acceptors (Lipinski definition) is 2. The monoisotopic (exact) mass is 182 g/mol. The molecular formula is C11H18O2. The van der Waals surface area contributed by atoms with E-state index >= 15 is 0 Å². The maximum absolute atomic E-state index is 5.54. The Labute approximate surface area is 79.9 Å². The zero-order valence-electron chi connectivity index (χ0n) is 8.62. The molecule has 0 bridgehead atoms. The van der Waals surface area contributed by atoms with Crippen molar-refractivity contribution in [2.24, 2.45) is 17.8 Å². The van der Waals surface area contributed by atoms with E-state index in [1.165, 1.54) is 18.4 Å². The molecule has 1 saturated carbocycles. The molecular weight excluding hydrogens is 164 g/mol. The fraction of sp³-hybridized carbons (Fsp3) is 0.818. The lowest BCUT2D eigenvalue weighted by atomic mass is 9.84. The van der Waals surface area contributed by atoms with Crippen molar-refractivity contribution in [1.29, 1.82) is 0 Å². The lowest BCUT2D eigenvalue weighted by molar-refractivity contribution is -0.144. The Hall–Kier alpha value is -0.500. The summed E-state index contributed by atoms with van der Waals surface area (Å²) in [6.07, 6.45) is 4.49. The molecule has 1 heterocycles. The van der Waals surface area contributed by atoms with E-state index in [-0.39, 0.29) is 6.29 Å². The van der Waals surface area contributed by atoms with Crippen LogP contribution in [0, 0.1) is 17.8 Å². The lowest BCUT2D eigenvalue weighted by Gasteiger charge is -2.34. The third-order valence-corrected chi connectivity index (χ3v) is 3.57. The van der Waals surface area contributed by atoms with Gasteiger partial charge < -0.3 is 9.47 Å². The van der Waals surface area contributed by atoms with Crippen LogP contribution >= 0.6 is 0 Å². The number of allylic oxidation sites excluding steroid dienone is 1. The Kier molecular flexibility index (Phi) is 2.33. The molecule has 74 valence electrons. The summed E-state index contributed by atoms with van der Waals surface area (Å²) >= 11 is 0. The third-order valence-electron chi connectivity index (χ3n) is 3.57. The molecule has 2 aliphatic rings. The van der Waals surface area contributed by atoms with Crippen molar-refractivity contribution in [1.82, 2.24) is 0 Å². The predicted molar refractivity (Wildman–Crippen MR) is 51.0 cm³/mol. The molecule has 1 aliphatic heterocycles. The van der Waals surface area contributed by atoms with E-state index in [1.54, 1.807) is 7.11 Å². The van der Waals surface area contributed by atoms with Crippen molar-refractivity contribution in [2.45, 2.75) is 33.0 Å². The SMILES string of the molecule is COC1OC=C(C)C2CCC(C)C12. The van der Waals surface area contributed by atoms with Gasteiger partial charge in [0.2, 0.25) is 6.29 Å². The molecule has 0 saturated heterocycles. The van der Waals surface area contributed by atoms with Gasteiger partial charge in [0.25, 0.3) is 0 Å². The number of hydrogen-bond donors (Lipinski definition) is 0. The molecule has 4 unspecified atom stereocenters. The standard InChI is InChI=1S/C11H18O2/c1-7-4-5-9-8(2)6-13-11(12-3)10(7)9/h6-7,9-11H,4-5H2,1-3H3. The number of ether oxygens (including phenoxy) is 2. The van der Waals surface area contributed by atoms with Crippen LogP contribution in [0.25, 0.3) is 0 Å². The van der Waals surface area contributed by atoms with Gasteiger partial charge in [-0.15, -0.1) is 0 Å². The van der Waals surface area contributed by atoms with Crippen LogP contribution in [-0.2, 0) is 9.47 Å². The van der Waals surface area contributed by atoms with Crippen LogP contribution in [0.2, 0.25) is 0 Å². The molecule has 2 nitrogen and oxygen atoms in total. The maximum Gasteiger partial charge on any atom is 0.202 e. The first-order chi connectivity index (χ1) is 6.24. The van der Waals surface area contributed by atoms with Crippen molar-refractivity contribution < 1.29 is 9.47 Å². The maximum atomic E-state index is 5.54. The fourth-order valence-corrected chi connectivity index (χ4v) is 2.78. The summed E-state index contributed by atoms with van der Waals surface area (Å²) in [6.45, 7) is 4.47. The van der Waals surface area contributed by atoms with Gasteiger partial charge >= 0.3 is 0 Å². The van der Waals surface area contributed by atoms with Gasteiger partial charge in [0.1, 0.15) is 0 Å². The average Bonchev–Trinajstić information content (AvgIpc) is 2.51. The highest BCUT2D eigenvalue weighted by atomic mass is 16.7. The molecule has 4 atom stereocenters. The number of fused-ring (bicyclic) bond motifs is 1. The number of methoxy groups -OCH3 is 1. The van der Waals surface area contributed by atoms with Gasteiger partial charge in [-0.2, -0.15) is 0 Å². The van der Waals surface area contributed by atoms with E-state index in [4.69, 9.17) is 9.47 Å². The number of rotatable bonds is 1. The van der Waals surface area contributed by atoms with Crippen molar-refractivity contribution in [2.75, 3.05) is 7.11 Å². The normalized spacial score (nSPS) is 43.8. The molecule has 0 aromatic carbocycles. The van der Waals surface area contributed by atoms with Crippen LogP contribution in [0.4, 0.5) is 0 Å². The minimum atomic E-state index is -0.00815. The lowest BCUT2D eigenvalue weighted by Crippen LogP contribution is -2.34. The minimum Gasteiger partial charge on any atom is -0.472 e. The second-order valence-electron chi connectivity index (χ2n) is 4.34. The van der Waals surface area contributed by atoms with Gasteiger partial charge in [0.15, 0.2) is 0 Å². The first-order valence-electron chi connectivity index (χ1n) is 5.09. The molecule has 0 aromatic heterocycles. The molecule has 2 rings (SSSR count). The molecule has 0 N–H and O–H groups in total. The Morgan fingerprint density at radius 1 is 1.46 bits per heavy atom. The highest BCUT2D eigenvalue weighted by molar-refractivity contribution is 5.09.